The topological polar surface area (TPSA) is 35.2 Å². The minimum atomic E-state index is 0.0329. The van der Waals surface area contributed by atoms with Gasteiger partial charge >= 0.3 is 0 Å². The van der Waals surface area contributed by atoms with Crippen molar-refractivity contribution in [3.8, 4) is 5.75 Å². The van der Waals surface area contributed by atoms with E-state index in [1.54, 1.807) is 7.11 Å². The van der Waals surface area contributed by atoms with E-state index in [1.807, 2.05) is 0 Å². The zero-order valence-electron chi connectivity index (χ0n) is 11.9. The van der Waals surface area contributed by atoms with Crippen LogP contribution >= 0.6 is 0 Å². The van der Waals surface area contributed by atoms with Gasteiger partial charge in [-0.1, -0.05) is 26.8 Å². The summed E-state index contributed by atoms with van der Waals surface area (Å²) in [6, 6.07) is 4.27. The van der Waals surface area contributed by atoms with Crippen LogP contribution in [0.2, 0.25) is 0 Å². The Hall–Kier alpha value is -1.02. The lowest BCUT2D eigenvalue weighted by Crippen LogP contribution is -2.24. The van der Waals surface area contributed by atoms with Crippen molar-refractivity contribution < 1.29 is 4.74 Å². The highest BCUT2D eigenvalue weighted by atomic mass is 16.5. The van der Waals surface area contributed by atoms with E-state index in [-0.39, 0.29) is 6.04 Å². The van der Waals surface area contributed by atoms with E-state index >= 15 is 0 Å². The summed E-state index contributed by atoms with van der Waals surface area (Å²) < 4.78 is 5.48. The molecule has 2 nitrogen and oxygen atoms in total. The summed E-state index contributed by atoms with van der Waals surface area (Å²) in [6.45, 7) is 10.8. The van der Waals surface area contributed by atoms with E-state index in [2.05, 4.69) is 46.8 Å². The summed E-state index contributed by atoms with van der Waals surface area (Å²) in [4.78, 5) is 0. The monoisotopic (exact) mass is 235 g/mol. The highest BCUT2D eigenvalue weighted by Gasteiger charge is 2.23. The summed E-state index contributed by atoms with van der Waals surface area (Å²) in [5.74, 6) is 1.92. The molecule has 0 aliphatic rings. The minimum Gasteiger partial charge on any atom is -0.496 e. The molecule has 0 bridgehead atoms. The average molecular weight is 235 g/mol. The number of aryl methyl sites for hydroxylation is 2. The Kier molecular flexibility index (Phi) is 4.58. The largest absolute Gasteiger partial charge is 0.496 e. The Labute approximate surface area is 105 Å². The molecule has 2 N–H and O–H groups in total. The first kappa shape index (κ1) is 14.0. The number of benzene rings is 1. The van der Waals surface area contributed by atoms with Crippen molar-refractivity contribution in [2.45, 2.75) is 40.7 Å². The average Bonchev–Trinajstić information content (AvgIpc) is 2.25. The normalized spacial score (nSPS) is 14.8. The van der Waals surface area contributed by atoms with E-state index in [4.69, 9.17) is 10.5 Å². The van der Waals surface area contributed by atoms with Crippen molar-refractivity contribution in [1.29, 1.82) is 0 Å². The molecule has 0 spiro atoms. The maximum absolute atomic E-state index is 6.39. The highest BCUT2D eigenvalue weighted by Crippen LogP contribution is 2.34. The molecule has 0 amide bonds. The van der Waals surface area contributed by atoms with Gasteiger partial charge in [0, 0.05) is 11.6 Å². The molecule has 1 rings (SSSR count). The molecule has 0 aliphatic carbocycles. The number of rotatable bonds is 4. The van der Waals surface area contributed by atoms with Crippen molar-refractivity contribution in [2.75, 3.05) is 7.11 Å². The second kappa shape index (κ2) is 5.54. The molecule has 0 saturated heterocycles. The van der Waals surface area contributed by atoms with Crippen molar-refractivity contribution in [3.63, 3.8) is 0 Å². The van der Waals surface area contributed by atoms with E-state index in [0.29, 0.717) is 11.8 Å². The van der Waals surface area contributed by atoms with Gasteiger partial charge in [-0.25, -0.2) is 0 Å². The van der Waals surface area contributed by atoms with E-state index in [0.717, 1.165) is 11.3 Å². The Morgan fingerprint density at radius 3 is 2.18 bits per heavy atom. The second-order valence-corrected chi connectivity index (χ2v) is 5.33. The predicted octanol–water partition coefficient (Wildman–Crippen LogP) is 3.60. The van der Waals surface area contributed by atoms with Crippen LogP contribution in [0.3, 0.4) is 0 Å². The molecule has 0 saturated carbocycles. The van der Waals surface area contributed by atoms with E-state index < -0.39 is 0 Å². The molecular formula is C15H25NO. The third kappa shape index (κ3) is 3.01. The molecule has 0 aliphatic heterocycles. The molecule has 2 atom stereocenters. The zero-order valence-corrected chi connectivity index (χ0v) is 11.9. The van der Waals surface area contributed by atoms with Gasteiger partial charge in [-0.15, -0.1) is 0 Å². The van der Waals surface area contributed by atoms with E-state index in [1.165, 1.54) is 11.1 Å². The zero-order chi connectivity index (χ0) is 13.2. The molecule has 17 heavy (non-hydrogen) atoms. The molecule has 1 aromatic carbocycles. The van der Waals surface area contributed by atoms with Gasteiger partial charge in [0.15, 0.2) is 0 Å². The van der Waals surface area contributed by atoms with Gasteiger partial charge in [0.2, 0.25) is 0 Å². The lowest BCUT2D eigenvalue weighted by Gasteiger charge is -2.27. The van der Waals surface area contributed by atoms with Gasteiger partial charge in [-0.3, -0.25) is 0 Å². The Balaban J connectivity index is 3.20. The third-order valence-electron chi connectivity index (χ3n) is 3.66. The van der Waals surface area contributed by atoms with Crippen LogP contribution in [0.1, 0.15) is 43.5 Å². The summed E-state index contributed by atoms with van der Waals surface area (Å²) >= 11 is 0. The van der Waals surface area contributed by atoms with Crippen LogP contribution in [0.5, 0.6) is 5.75 Å². The van der Waals surface area contributed by atoms with Crippen LogP contribution < -0.4 is 10.5 Å². The van der Waals surface area contributed by atoms with Crippen molar-refractivity contribution in [2.24, 2.45) is 17.6 Å². The van der Waals surface area contributed by atoms with Crippen LogP contribution in [0.15, 0.2) is 12.1 Å². The van der Waals surface area contributed by atoms with Crippen molar-refractivity contribution >= 4 is 0 Å². The van der Waals surface area contributed by atoms with Gasteiger partial charge in [0.05, 0.1) is 7.11 Å². The third-order valence-corrected chi connectivity index (χ3v) is 3.66. The summed E-state index contributed by atoms with van der Waals surface area (Å²) in [6.07, 6.45) is 0. The summed E-state index contributed by atoms with van der Waals surface area (Å²) in [7, 11) is 1.71. The number of methoxy groups -OCH3 is 1. The standard InChI is InChI=1S/C15H25NO/c1-9(2)12(5)15(16)14-11(4)7-10(3)8-13(14)17-6/h7-9,12,15H,16H2,1-6H3. The second-order valence-electron chi connectivity index (χ2n) is 5.33. The first-order chi connectivity index (χ1) is 7.88. The van der Waals surface area contributed by atoms with Gasteiger partial charge in [0.25, 0.3) is 0 Å². The fraction of sp³-hybridized carbons (Fsp3) is 0.600. The maximum atomic E-state index is 6.39. The van der Waals surface area contributed by atoms with Crippen LogP contribution in [0, 0.1) is 25.7 Å². The quantitative estimate of drug-likeness (QED) is 0.865. The molecule has 0 radical (unpaired) electrons. The molecule has 2 unspecified atom stereocenters. The first-order valence-corrected chi connectivity index (χ1v) is 6.29. The summed E-state index contributed by atoms with van der Waals surface area (Å²) in [5, 5.41) is 0. The van der Waals surface area contributed by atoms with Gasteiger partial charge < -0.3 is 10.5 Å². The first-order valence-electron chi connectivity index (χ1n) is 6.29. The van der Waals surface area contributed by atoms with Crippen molar-refractivity contribution in [3.05, 3.63) is 28.8 Å². The van der Waals surface area contributed by atoms with Crippen molar-refractivity contribution in [1.82, 2.24) is 0 Å². The fourth-order valence-electron chi connectivity index (χ4n) is 2.21. The molecule has 96 valence electrons. The van der Waals surface area contributed by atoms with Crippen LogP contribution in [-0.2, 0) is 0 Å². The van der Waals surface area contributed by atoms with E-state index in [9.17, 15) is 0 Å². The van der Waals surface area contributed by atoms with Gasteiger partial charge in [-0.05, 0) is 42.9 Å². The summed E-state index contributed by atoms with van der Waals surface area (Å²) in [5.41, 5.74) is 9.98. The molecule has 0 fully saturated rings. The Morgan fingerprint density at radius 1 is 1.12 bits per heavy atom. The number of nitrogens with two attached hydrogens (primary N) is 1. The highest BCUT2D eigenvalue weighted by molar-refractivity contribution is 5.45. The number of ether oxygens (including phenoxy) is 1. The van der Waals surface area contributed by atoms with Gasteiger partial charge in [0.1, 0.15) is 5.75 Å². The predicted molar refractivity (Wildman–Crippen MR) is 73.4 cm³/mol. The molecule has 0 heterocycles. The van der Waals surface area contributed by atoms with Gasteiger partial charge in [-0.2, -0.15) is 0 Å². The molecule has 2 heteroatoms. The lowest BCUT2D eigenvalue weighted by atomic mass is 9.84. The fourth-order valence-corrected chi connectivity index (χ4v) is 2.21. The number of hydrogen-bond donors (Lipinski definition) is 1. The maximum Gasteiger partial charge on any atom is 0.124 e. The number of hydrogen-bond acceptors (Lipinski definition) is 2. The van der Waals surface area contributed by atoms with Crippen LogP contribution in [-0.4, -0.2) is 7.11 Å². The SMILES string of the molecule is COc1cc(C)cc(C)c1C(N)C(C)C(C)C. The van der Waals surface area contributed by atoms with Crippen LogP contribution in [0.4, 0.5) is 0 Å². The molecule has 0 aromatic heterocycles. The minimum absolute atomic E-state index is 0.0329. The smallest absolute Gasteiger partial charge is 0.124 e. The molecular weight excluding hydrogens is 210 g/mol. The van der Waals surface area contributed by atoms with Crippen LogP contribution in [0.25, 0.3) is 0 Å². The molecule has 1 aromatic rings. The Morgan fingerprint density at radius 2 is 1.71 bits per heavy atom. The lowest BCUT2D eigenvalue weighted by molar-refractivity contribution is 0.336. The Bertz CT molecular complexity index is 385.